The van der Waals surface area contributed by atoms with Gasteiger partial charge in [0, 0.05) is 17.5 Å². The predicted molar refractivity (Wildman–Crippen MR) is 56.6 cm³/mol. The fourth-order valence-electron chi connectivity index (χ4n) is 2.02. The molecular weight excluding hydrogens is 193 g/mol. The summed E-state index contributed by atoms with van der Waals surface area (Å²) in [6.45, 7) is 5.13. The Bertz CT molecular complexity index is 412. The predicted octanol–water partition coefficient (Wildman–Crippen LogP) is 1.89. The van der Waals surface area contributed by atoms with E-state index in [9.17, 15) is 9.18 Å². The zero-order valence-electron chi connectivity index (χ0n) is 8.93. The molecule has 0 spiro atoms. The first kappa shape index (κ1) is 10.3. The molecule has 0 unspecified atom stereocenters. The number of fused-ring (bicyclic) bond motifs is 1. The highest BCUT2D eigenvalue weighted by atomic mass is 19.1. The van der Waals surface area contributed by atoms with Crippen molar-refractivity contribution in [3.63, 3.8) is 0 Å². The van der Waals surface area contributed by atoms with Crippen LogP contribution in [-0.4, -0.2) is 18.9 Å². The molecule has 0 saturated carbocycles. The molecule has 3 heteroatoms. The molecule has 0 bridgehead atoms. The van der Waals surface area contributed by atoms with Crippen LogP contribution in [0.4, 0.5) is 4.39 Å². The summed E-state index contributed by atoms with van der Waals surface area (Å²) in [5.41, 5.74) is 1.32. The van der Waals surface area contributed by atoms with Gasteiger partial charge in [0.2, 0.25) is 0 Å². The highest BCUT2D eigenvalue weighted by Gasteiger charge is 2.29. The summed E-state index contributed by atoms with van der Waals surface area (Å²) >= 11 is 0. The quantitative estimate of drug-likeness (QED) is 0.704. The Kier molecular flexibility index (Phi) is 2.35. The molecule has 0 saturated heterocycles. The molecule has 1 aromatic rings. The lowest BCUT2D eigenvalue weighted by molar-refractivity contribution is 0.0993. The number of nitrogens with one attached hydrogen (secondary N) is 1. The van der Waals surface area contributed by atoms with Crippen molar-refractivity contribution in [3.05, 3.63) is 35.1 Å². The summed E-state index contributed by atoms with van der Waals surface area (Å²) in [4.78, 5) is 11.7. The summed E-state index contributed by atoms with van der Waals surface area (Å²) < 4.78 is 13.1. The van der Waals surface area contributed by atoms with Gasteiger partial charge in [0.1, 0.15) is 5.82 Å². The fraction of sp³-hybridized carbons (Fsp3) is 0.417. The van der Waals surface area contributed by atoms with Crippen molar-refractivity contribution in [1.82, 2.24) is 5.32 Å². The third kappa shape index (κ3) is 1.79. The molecule has 0 fully saturated rings. The average Bonchev–Trinajstić information content (AvgIpc) is 2.25. The molecule has 0 amide bonds. The molecule has 0 atom stereocenters. The van der Waals surface area contributed by atoms with E-state index < -0.39 is 0 Å². The van der Waals surface area contributed by atoms with Gasteiger partial charge < -0.3 is 5.32 Å². The number of rotatable bonds is 0. The third-order valence-corrected chi connectivity index (χ3v) is 2.86. The number of ketones is 1. The van der Waals surface area contributed by atoms with E-state index in [1.54, 1.807) is 6.07 Å². The molecule has 2 rings (SSSR count). The van der Waals surface area contributed by atoms with Crippen LogP contribution in [0.5, 0.6) is 0 Å². The Labute approximate surface area is 88.5 Å². The first-order chi connectivity index (χ1) is 7.00. The number of benzene rings is 1. The largest absolute Gasteiger partial charge is 0.309 e. The van der Waals surface area contributed by atoms with Gasteiger partial charge >= 0.3 is 0 Å². The molecule has 80 valence electrons. The van der Waals surface area contributed by atoms with E-state index in [1.165, 1.54) is 12.1 Å². The third-order valence-electron chi connectivity index (χ3n) is 2.86. The molecule has 1 aliphatic heterocycles. The SMILES string of the molecule is CC1(C)CNCC(=O)c2cc(F)ccc21. The van der Waals surface area contributed by atoms with Gasteiger partial charge in [-0.2, -0.15) is 0 Å². The van der Waals surface area contributed by atoms with E-state index in [-0.39, 0.29) is 17.0 Å². The fourth-order valence-corrected chi connectivity index (χ4v) is 2.02. The topological polar surface area (TPSA) is 29.1 Å². The van der Waals surface area contributed by atoms with E-state index >= 15 is 0 Å². The van der Waals surface area contributed by atoms with Crippen molar-refractivity contribution in [3.8, 4) is 0 Å². The highest BCUT2D eigenvalue weighted by molar-refractivity contribution is 5.99. The maximum Gasteiger partial charge on any atom is 0.176 e. The van der Waals surface area contributed by atoms with Crippen LogP contribution in [0.15, 0.2) is 18.2 Å². The van der Waals surface area contributed by atoms with Crippen molar-refractivity contribution < 1.29 is 9.18 Å². The van der Waals surface area contributed by atoms with Crippen molar-refractivity contribution in [2.75, 3.05) is 13.1 Å². The van der Waals surface area contributed by atoms with Gasteiger partial charge in [0.25, 0.3) is 0 Å². The van der Waals surface area contributed by atoms with Crippen LogP contribution in [0.3, 0.4) is 0 Å². The van der Waals surface area contributed by atoms with Crippen molar-refractivity contribution in [2.24, 2.45) is 0 Å². The number of hydrogen-bond acceptors (Lipinski definition) is 2. The van der Waals surface area contributed by atoms with Gasteiger partial charge in [-0.1, -0.05) is 19.9 Å². The Morgan fingerprint density at radius 3 is 2.87 bits per heavy atom. The van der Waals surface area contributed by atoms with Crippen molar-refractivity contribution >= 4 is 5.78 Å². The van der Waals surface area contributed by atoms with Crippen molar-refractivity contribution in [1.29, 1.82) is 0 Å². The van der Waals surface area contributed by atoms with E-state index in [2.05, 4.69) is 19.2 Å². The first-order valence-corrected chi connectivity index (χ1v) is 5.05. The molecule has 1 aliphatic rings. The number of carbonyl (C=O) groups is 1. The van der Waals surface area contributed by atoms with Gasteiger partial charge in [-0.3, -0.25) is 4.79 Å². The molecule has 1 N–H and O–H groups in total. The molecule has 1 heterocycles. The number of carbonyl (C=O) groups excluding carboxylic acids is 1. The summed E-state index contributed by atoms with van der Waals surface area (Å²) in [6.07, 6.45) is 0. The molecule has 0 radical (unpaired) electrons. The van der Waals surface area contributed by atoms with E-state index in [0.29, 0.717) is 12.1 Å². The Morgan fingerprint density at radius 1 is 1.40 bits per heavy atom. The molecule has 0 aromatic heterocycles. The van der Waals surface area contributed by atoms with Crippen molar-refractivity contribution in [2.45, 2.75) is 19.3 Å². The lowest BCUT2D eigenvalue weighted by Crippen LogP contribution is -2.31. The van der Waals surface area contributed by atoms with Gasteiger partial charge in [0.05, 0.1) is 6.54 Å². The number of Topliss-reactive ketones (excluding diaryl/α,β-unsaturated/α-hetero) is 1. The molecular formula is C12H14FNO. The van der Waals surface area contributed by atoms with E-state index in [1.807, 2.05) is 0 Å². The lowest BCUT2D eigenvalue weighted by Gasteiger charge is -2.24. The van der Waals surface area contributed by atoms with Gasteiger partial charge in [-0.25, -0.2) is 4.39 Å². The van der Waals surface area contributed by atoms with E-state index in [4.69, 9.17) is 0 Å². The van der Waals surface area contributed by atoms with Crippen LogP contribution in [-0.2, 0) is 5.41 Å². The zero-order valence-corrected chi connectivity index (χ0v) is 8.93. The first-order valence-electron chi connectivity index (χ1n) is 5.05. The second-order valence-corrected chi connectivity index (χ2v) is 4.60. The molecule has 1 aromatic carbocycles. The van der Waals surface area contributed by atoms with E-state index in [0.717, 1.165) is 12.1 Å². The second kappa shape index (κ2) is 3.42. The van der Waals surface area contributed by atoms with Crippen LogP contribution in [0, 0.1) is 5.82 Å². The van der Waals surface area contributed by atoms with Crippen LogP contribution in [0.25, 0.3) is 0 Å². The second-order valence-electron chi connectivity index (χ2n) is 4.60. The molecule has 0 aliphatic carbocycles. The minimum absolute atomic E-state index is 0.0323. The molecule has 15 heavy (non-hydrogen) atoms. The van der Waals surface area contributed by atoms with Gasteiger partial charge in [0.15, 0.2) is 5.78 Å². The highest BCUT2D eigenvalue weighted by Crippen LogP contribution is 2.28. The molecule has 2 nitrogen and oxygen atoms in total. The minimum Gasteiger partial charge on any atom is -0.309 e. The Morgan fingerprint density at radius 2 is 2.13 bits per heavy atom. The zero-order chi connectivity index (χ0) is 11.1. The van der Waals surface area contributed by atoms with Crippen LogP contribution in [0.2, 0.25) is 0 Å². The van der Waals surface area contributed by atoms with Crippen LogP contribution in [0.1, 0.15) is 29.8 Å². The summed E-state index contributed by atoms with van der Waals surface area (Å²) in [5.74, 6) is -0.380. The Hall–Kier alpha value is -1.22. The Balaban J connectivity index is 2.62. The van der Waals surface area contributed by atoms with Gasteiger partial charge in [-0.15, -0.1) is 0 Å². The van der Waals surface area contributed by atoms with Crippen LogP contribution < -0.4 is 5.32 Å². The summed E-state index contributed by atoms with van der Waals surface area (Å²) in [6, 6.07) is 4.47. The van der Waals surface area contributed by atoms with Crippen LogP contribution >= 0.6 is 0 Å². The van der Waals surface area contributed by atoms with Gasteiger partial charge in [-0.05, 0) is 17.7 Å². The standard InChI is InChI=1S/C12H14FNO/c1-12(2)7-14-6-11(15)9-5-8(13)3-4-10(9)12/h3-5,14H,6-7H2,1-2H3. The lowest BCUT2D eigenvalue weighted by atomic mass is 9.82. The normalized spacial score (nSPS) is 19.5. The smallest absolute Gasteiger partial charge is 0.176 e. The minimum atomic E-state index is -0.347. The maximum atomic E-state index is 13.1. The average molecular weight is 207 g/mol. The summed E-state index contributed by atoms with van der Waals surface area (Å²) in [5, 5.41) is 3.08. The number of halogens is 1. The monoisotopic (exact) mass is 207 g/mol. The number of hydrogen-bond donors (Lipinski definition) is 1. The summed E-state index contributed by atoms with van der Waals surface area (Å²) in [7, 11) is 0. The maximum absolute atomic E-state index is 13.1.